The fourth-order valence-corrected chi connectivity index (χ4v) is 3.04. The Balaban J connectivity index is 1.94. The normalized spacial score (nSPS) is 10.9. The van der Waals surface area contributed by atoms with Crippen LogP contribution < -0.4 is 5.32 Å². The van der Waals surface area contributed by atoms with Crippen LogP contribution in [0.3, 0.4) is 0 Å². The van der Waals surface area contributed by atoms with E-state index in [1.165, 1.54) is 11.8 Å². The van der Waals surface area contributed by atoms with Crippen molar-refractivity contribution in [1.82, 2.24) is 20.2 Å². The van der Waals surface area contributed by atoms with E-state index in [-0.39, 0.29) is 17.7 Å². The number of halogens is 2. The van der Waals surface area contributed by atoms with E-state index in [1.807, 2.05) is 19.9 Å². The van der Waals surface area contributed by atoms with Crippen LogP contribution in [0.1, 0.15) is 19.9 Å². The molecule has 0 saturated heterocycles. The molecule has 2 aromatic rings. The number of carbonyl (C=O) groups is 1. The molecule has 1 aromatic heterocycles. The standard InChI is InChI=1S/C12H13BrClN5OS/c1-7(2)19-12(16-17-18-19)21-6-11(20)15-10-4-3-8(13)5-9(10)14/h3-5,7H,6H2,1-2H3,(H,15,20). The number of benzene rings is 1. The lowest BCUT2D eigenvalue weighted by Gasteiger charge is -2.08. The molecule has 1 amide bonds. The van der Waals surface area contributed by atoms with E-state index in [1.54, 1.807) is 16.8 Å². The molecule has 0 saturated carbocycles. The van der Waals surface area contributed by atoms with Gasteiger partial charge in [0.1, 0.15) is 0 Å². The summed E-state index contributed by atoms with van der Waals surface area (Å²) in [6.45, 7) is 3.95. The third-order valence-electron chi connectivity index (χ3n) is 2.49. The second kappa shape index (κ2) is 7.24. The van der Waals surface area contributed by atoms with E-state index in [0.29, 0.717) is 15.9 Å². The number of tetrazole rings is 1. The zero-order valence-electron chi connectivity index (χ0n) is 11.4. The predicted molar refractivity (Wildman–Crippen MR) is 86.7 cm³/mol. The third-order valence-corrected chi connectivity index (χ3v) is 4.23. The van der Waals surface area contributed by atoms with E-state index in [2.05, 4.69) is 36.8 Å². The Hall–Kier alpha value is -1.12. The van der Waals surface area contributed by atoms with Gasteiger partial charge in [-0.2, -0.15) is 0 Å². The summed E-state index contributed by atoms with van der Waals surface area (Å²) in [5, 5.41) is 15.2. The fraction of sp³-hybridized carbons (Fsp3) is 0.333. The van der Waals surface area contributed by atoms with Crippen molar-refractivity contribution in [3.63, 3.8) is 0 Å². The SMILES string of the molecule is CC(C)n1nnnc1SCC(=O)Nc1ccc(Br)cc1Cl. The molecular weight excluding hydrogens is 378 g/mol. The molecule has 0 unspecified atom stereocenters. The van der Waals surface area contributed by atoms with Crippen LogP contribution in [0.2, 0.25) is 5.02 Å². The summed E-state index contributed by atoms with van der Waals surface area (Å²) in [4.78, 5) is 11.9. The van der Waals surface area contributed by atoms with Gasteiger partial charge in [0, 0.05) is 4.47 Å². The van der Waals surface area contributed by atoms with Crippen LogP contribution in [0.5, 0.6) is 0 Å². The Bertz CT molecular complexity index is 648. The minimum Gasteiger partial charge on any atom is -0.324 e. The van der Waals surface area contributed by atoms with Gasteiger partial charge >= 0.3 is 0 Å². The van der Waals surface area contributed by atoms with Crippen molar-refractivity contribution >= 4 is 50.9 Å². The monoisotopic (exact) mass is 389 g/mol. The van der Waals surface area contributed by atoms with Gasteiger partial charge in [-0.25, -0.2) is 4.68 Å². The maximum absolute atomic E-state index is 11.9. The zero-order valence-corrected chi connectivity index (χ0v) is 14.5. The number of hydrogen-bond acceptors (Lipinski definition) is 5. The van der Waals surface area contributed by atoms with Gasteiger partial charge in [-0.05, 0) is 42.5 Å². The Morgan fingerprint density at radius 3 is 2.95 bits per heavy atom. The van der Waals surface area contributed by atoms with Crippen LogP contribution in [0.4, 0.5) is 5.69 Å². The molecule has 1 N–H and O–H groups in total. The van der Waals surface area contributed by atoms with Crippen LogP contribution >= 0.6 is 39.3 Å². The second-order valence-electron chi connectivity index (χ2n) is 4.46. The van der Waals surface area contributed by atoms with Crippen LogP contribution in [0.15, 0.2) is 27.8 Å². The van der Waals surface area contributed by atoms with Gasteiger partial charge < -0.3 is 5.32 Å². The van der Waals surface area contributed by atoms with Crippen LogP contribution in [-0.4, -0.2) is 31.9 Å². The molecule has 0 atom stereocenters. The topological polar surface area (TPSA) is 72.7 Å². The number of anilines is 1. The van der Waals surface area contributed by atoms with Gasteiger partial charge in [-0.1, -0.05) is 39.3 Å². The van der Waals surface area contributed by atoms with Crippen LogP contribution in [0, 0.1) is 0 Å². The smallest absolute Gasteiger partial charge is 0.234 e. The third kappa shape index (κ3) is 4.42. The molecule has 112 valence electrons. The molecule has 1 heterocycles. The van der Waals surface area contributed by atoms with Gasteiger partial charge in [-0.3, -0.25) is 4.79 Å². The highest BCUT2D eigenvalue weighted by Gasteiger charge is 2.13. The maximum atomic E-state index is 11.9. The van der Waals surface area contributed by atoms with E-state index in [9.17, 15) is 4.79 Å². The Morgan fingerprint density at radius 1 is 1.52 bits per heavy atom. The van der Waals surface area contributed by atoms with Crippen LogP contribution in [0.25, 0.3) is 0 Å². The second-order valence-corrected chi connectivity index (χ2v) is 6.73. The first kappa shape index (κ1) is 16.3. The summed E-state index contributed by atoms with van der Waals surface area (Å²) in [6, 6.07) is 5.43. The van der Waals surface area contributed by atoms with Gasteiger partial charge in [-0.15, -0.1) is 5.10 Å². The largest absolute Gasteiger partial charge is 0.324 e. The molecule has 6 nitrogen and oxygen atoms in total. The average Bonchev–Trinajstić information content (AvgIpc) is 2.88. The van der Waals surface area contributed by atoms with Crippen molar-refractivity contribution in [2.45, 2.75) is 25.0 Å². The lowest BCUT2D eigenvalue weighted by atomic mass is 10.3. The van der Waals surface area contributed by atoms with Gasteiger partial charge in [0.25, 0.3) is 0 Å². The molecule has 0 aliphatic heterocycles. The molecule has 0 fully saturated rings. The Kier molecular flexibility index (Phi) is 5.60. The number of aromatic nitrogens is 4. The van der Waals surface area contributed by atoms with E-state index in [4.69, 9.17) is 11.6 Å². The predicted octanol–water partition coefficient (Wildman–Crippen LogP) is 3.40. The summed E-state index contributed by atoms with van der Waals surface area (Å²) in [5.74, 6) is 0.0435. The first-order valence-corrected chi connectivity index (χ1v) is 8.28. The molecule has 1 aromatic carbocycles. The summed E-state index contributed by atoms with van der Waals surface area (Å²) in [6.07, 6.45) is 0. The number of carbonyl (C=O) groups excluding carboxylic acids is 1. The summed E-state index contributed by atoms with van der Waals surface area (Å²) in [5.41, 5.74) is 0.578. The number of thioether (sulfide) groups is 1. The van der Waals surface area contributed by atoms with E-state index >= 15 is 0 Å². The highest BCUT2D eigenvalue weighted by atomic mass is 79.9. The minimum absolute atomic E-state index is 0.145. The first-order valence-electron chi connectivity index (χ1n) is 6.13. The molecule has 0 spiro atoms. The minimum atomic E-state index is -0.164. The summed E-state index contributed by atoms with van der Waals surface area (Å²) < 4.78 is 2.53. The van der Waals surface area contributed by atoms with Crippen molar-refractivity contribution in [3.05, 3.63) is 27.7 Å². The number of amides is 1. The molecule has 0 aliphatic rings. The Labute approximate surface area is 139 Å². The number of rotatable bonds is 5. The van der Waals surface area contributed by atoms with Crippen molar-refractivity contribution in [2.24, 2.45) is 0 Å². The fourth-order valence-electron chi connectivity index (χ4n) is 1.51. The molecule has 0 bridgehead atoms. The molecule has 21 heavy (non-hydrogen) atoms. The van der Waals surface area contributed by atoms with Gasteiger partial charge in [0.15, 0.2) is 0 Å². The van der Waals surface area contributed by atoms with E-state index < -0.39 is 0 Å². The first-order chi connectivity index (χ1) is 9.97. The molecule has 0 radical (unpaired) electrons. The number of nitrogens with one attached hydrogen (secondary N) is 1. The summed E-state index contributed by atoms with van der Waals surface area (Å²) >= 11 is 10.6. The van der Waals surface area contributed by atoms with Crippen molar-refractivity contribution in [3.8, 4) is 0 Å². The highest BCUT2D eigenvalue weighted by Crippen LogP contribution is 2.26. The quantitative estimate of drug-likeness (QED) is 0.792. The molecule has 9 heteroatoms. The Morgan fingerprint density at radius 2 is 2.29 bits per heavy atom. The van der Waals surface area contributed by atoms with Gasteiger partial charge in [0.2, 0.25) is 11.1 Å². The maximum Gasteiger partial charge on any atom is 0.234 e. The highest BCUT2D eigenvalue weighted by molar-refractivity contribution is 9.10. The molecule has 0 aliphatic carbocycles. The van der Waals surface area contributed by atoms with Crippen LogP contribution in [-0.2, 0) is 4.79 Å². The van der Waals surface area contributed by atoms with E-state index in [0.717, 1.165) is 4.47 Å². The molecule has 2 rings (SSSR count). The number of nitrogens with zero attached hydrogens (tertiary/aromatic N) is 4. The summed E-state index contributed by atoms with van der Waals surface area (Å²) in [7, 11) is 0. The lowest BCUT2D eigenvalue weighted by molar-refractivity contribution is -0.113. The zero-order chi connectivity index (χ0) is 15.4. The average molecular weight is 391 g/mol. The van der Waals surface area contributed by atoms with Crippen molar-refractivity contribution in [2.75, 3.05) is 11.1 Å². The van der Waals surface area contributed by atoms with Crippen molar-refractivity contribution < 1.29 is 4.79 Å². The molecular formula is C12H13BrClN5OS. The number of hydrogen-bond donors (Lipinski definition) is 1. The van der Waals surface area contributed by atoms with Crippen molar-refractivity contribution in [1.29, 1.82) is 0 Å². The lowest BCUT2D eigenvalue weighted by Crippen LogP contribution is -2.15. The van der Waals surface area contributed by atoms with Gasteiger partial charge in [0.05, 0.1) is 22.5 Å².